The van der Waals surface area contributed by atoms with Gasteiger partial charge in [-0.3, -0.25) is 0 Å². The summed E-state index contributed by atoms with van der Waals surface area (Å²) < 4.78 is 0. The predicted molar refractivity (Wildman–Crippen MR) is 73.3 cm³/mol. The Morgan fingerprint density at radius 3 is 2.94 bits per heavy atom. The molecule has 18 heavy (non-hydrogen) atoms. The van der Waals surface area contributed by atoms with Gasteiger partial charge in [-0.05, 0) is 43.4 Å². The summed E-state index contributed by atoms with van der Waals surface area (Å²) in [4.78, 5) is 2.44. The van der Waals surface area contributed by atoms with Crippen LogP contribution in [0, 0.1) is 16.7 Å². The molecule has 0 unspecified atom stereocenters. The number of hydrogen-bond acceptors (Lipinski definition) is 3. The van der Waals surface area contributed by atoms with Gasteiger partial charge in [0.15, 0.2) is 0 Å². The molecule has 1 fully saturated rings. The molecule has 3 rings (SSSR count). The molecule has 1 aliphatic carbocycles. The average molecular weight is 241 g/mol. The molecule has 1 aliphatic heterocycles. The fraction of sp³-hybridized carbons (Fsp3) is 0.533. The molecule has 0 amide bonds. The fourth-order valence-electron chi connectivity index (χ4n) is 2.97. The lowest BCUT2D eigenvalue weighted by Gasteiger charge is -2.34. The van der Waals surface area contributed by atoms with Crippen molar-refractivity contribution in [1.29, 1.82) is 5.26 Å². The van der Waals surface area contributed by atoms with E-state index in [0.717, 1.165) is 25.2 Å². The molecular weight excluding hydrogens is 222 g/mol. The van der Waals surface area contributed by atoms with Crippen molar-refractivity contribution in [2.75, 3.05) is 23.7 Å². The van der Waals surface area contributed by atoms with Crippen molar-refractivity contribution in [2.24, 2.45) is 5.41 Å². The highest BCUT2D eigenvalue weighted by atomic mass is 15.1. The summed E-state index contributed by atoms with van der Waals surface area (Å²) in [5.41, 5.74) is 9.72. The van der Waals surface area contributed by atoms with E-state index in [1.165, 1.54) is 30.5 Å². The van der Waals surface area contributed by atoms with Gasteiger partial charge >= 0.3 is 0 Å². The second-order valence-corrected chi connectivity index (χ2v) is 5.75. The van der Waals surface area contributed by atoms with Crippen molar-refractivity contribution in [3.63, 3.8) is 0 Å². The smallest absolute Gasteiger partial charge is 0.0628 e. The maximum Gasteiger partial charge on any atom is 0.0628 e. The SMILES string of the molecule is N#CCC1(CN2CCCc3ccc(N)cc32)CC1. The summed E-state index contributed by atoms with van der Waals surface area (Å²) in [7, 11) is 0. The number of nitrogens with zero attached hydrogens (tertiary/aromatic N) is 2. The van der Waals surface area contributed by atoms with Crippen LogP contribution in [0.4, 0.5) is 11.4 Å². The van der Waals surface area contributed by atoms with E-state index in [9.17, 15) is 0 Å². The Hall–Kier alpha value is -1.69. The lowest BCUT2D eigenvalue weighted by atomic mass is 9.97. The molecule has 1 aromatic carbocycles. The maximum atomic E-state index is 8.92. The lowest BCUT2D eigenvalue weighted by Crippen LogP contribution is -2.34. The van der Waals surface area contributed by atoms with Crippen LogP contribution in [0.15, 0.2) is 18.2 Å². The van der Waals surface area contributed by atoms with Gasteiger partial charge in [0.1, 0.15) is 0 Å². The molecule has 2 N–H and O–H groups in total. The van der Waals surface area contributed by atoms with Crippen LogP contribution >= 0.6 is 0 Å². The zero-order valence-corrected chi connectivity index (χ0v) is 10.7. The van der Waals surface area contributed by atoms with Crippen molar-refractivity contribution in [3.05, 3.63) is 23.8 Å². The third kappa shape index (κ3) is 2.03. The second kappa shape index (κ2) is 4.20. The molecule has 0 spiro atoms. The molecule has 0 aromatic heterocycles. The highest BCUT2D eigenvalue weighted by Crippen LogP contribution is 2.50. The molecule has 1 saturated carbocycles. The zero-order chi connectivity index (χ0) is 12.6. The van der Waals surface area contributed by atoms with E-state index in [0.29, 0.717) is 6.42 Å². The minimum absolute atomic E-state index is 0.272. The maximum absolute atomic E-state index is 8.92. The van der Waals surface area contributed by atoms with Crippen LogP contribution in [0.1, 0.15) is 31.2 Å². The van der Waals surface area contributed by atoms with E-state index < -0.39 is 0 Å². The van der Waals surface area contributed by atoms with Gasteiger partial charge in [-0.2, -0.15) is 5.26 Å². The van der Waals surface area contributed by atoms with Gasteiger partial charge in [-0.15, -0.1) is 0 Å². The van der Waals surface area contributed by atoms with E-state index in [1.807, 2.05) is 6.07 Å². The average Bonchev–Trinajstić information content (AvgIpc) is 3.10. The topological polar surface area (TPSA) is 53.0 Å². The molecule has 3 nitrogen and oxygen atoms in total. The zero-order valence-electron chi connectivity index (χ0n) is 10.7. The Kier molecular flexibility index (Phi) is 2.66. The van der Waals surface area contributed by atoms with Gasteiger partial charge in [0.2, 0.25) is 0 Å². The van der Waals surface area contributed by atoms with Crippen LogP contribution in [0.25, 0.3) is 0 Å². The van der Waals surface area contributed by atoms with Crippen LogP contribution in [0.3, 0.4) is 0 Å². The monoisotopic (exact) mass is 241 g/mol. The number of hydrogen-bond donors (Lipinski definition) is 1. The minimum Gasteiger partial charge on any atom is -0.399 e. The van der Waals surface area contributed by atoms with Crippen molar-refractivity contribution in [2.45, 2.75) is 32.1 Å². The van der Waals surface area contributed by atoms with E-state index in [4.69, 9.17) is 11.0 Å². The van der Waals surface area contributed by atoms with Crippen LogP contribution in [-0.2, 0) is 6.42 Å². The molecule has 0 saturated heterocycles. The van der Waals surface area contributed by atoms with Crippen molar-refractivity contribution < 1.29 is 0 Å². The van der Waals surface area contributed by atoms with Crippen molar-refractivity contribution in [3.8, 4) is 6.07 Å². The highest BCUT2D eigenvalue weighted by Gasteiger charge is 2.44. The predicted octanol–water partition coefficient (Wildman–Crippen LogP) is 2.72. The van der Waals surface area contributed by atoms with Crippen molar-refractivity contribution in [1.82, 2.24) is 0 Å². The fourth-order valence-corrected chi connectivity index (χ4v) is 2.97. The first kappa shape index (κ1) is 11.4. The quantitative estimate of drug-likeness (QED) is 0.828. The summed E-state index contributed by atoms with van der Waals surface area (Å²) in [6, 6.07) is 8.58. The van der Waals surface area contributed by atoms with E-state index in [1.54, 1.807) is 0 Å². The van der Waals surface area contributed by atoms with E-state index in [-0.39, 0.29) is 5.41 Å². The Labute approximate surface area is 108 Å². The second-order valence-electron chi connectivity index (χ2n) is 5.75. The molecule has 1 aromatic rings. The standard InChI is InChI=1S/C15H19N3/c16-8-7-15(5-6-15)11-18-9-1-2-12-3-4-13(17)10-14(12)18/h3-4,10H,1-2,5-7,9,11,17H2. The van der Waals surface area contributed by atoms with Gasteiger partial charge in [0, 0.05) is 36.3 Å². The van der Waals surface area contributed by atoms with E-state index in [2.05, 4.69) is 23.1 Å². The van der Waals surface area contributed by atoms with Crippen LogP contribution in [-0.4, -0.2) is 13.1 Å². The van der Waals surface area contributed by atoms with Crippen molar-refractivity contribution >= 4 is 11.4 Å². The molecule has 3 heteroatoms. The largest absolute Gasteiger partial charge is 0.399 e. The number of benzene rings is 1. The Balaban J connectivity index is 1.83. The summed E-state index contributed by atoms with van der Waals surface area (Å²) in [6.07, 6.45) is 5.46. The number of nitrogen functional groups attached to an aromatic ring is 1. The molecule has 94 valence electrons. The molecule has 2 aliphatic rings. The third-order valence-electron chi connectivity index (χ3n) is 4.26. The summed E-state index contributed by atoms with van der Waals surface area (Å²) in [5, 5.41) is 8.92. The summed E-state index contributed by atoms with van der Waals surface area (Å²) in [6.45, 7) is 2.13. The molecule has 0 radical (unpaired) electrons. The van der Waals surface area contributed by atoms with Gasteiger partial charge in [-0.1, -0.05) is 6.07 Å². The number of nitriles is 1. The number of nitrogens with two attached hydrogens (primary N) is 1. The van der Waals surface area contributed by atoms with Gasteiger partial charge in [0.25, 0.3) is 0 Å². The number of aryl methyl sites for hydroxylation is 1. The van der Waals surface area contributed by atoms with Crippen LogP contribution in [0.5, 0.6) is 0 Å². The Bertz CT molecular complexity index is 497. The van der Waals surface area contributed by atoms with Crippen LogP contribution < -0.4 is 10.6 Å². The Morgan fingerprint density at radius 1 is 1.39 bits per heavy atom. The number of rotatable bonds is 3. The molecule has 1 heterocycles. The van der Waals surface area contributed by atoms with Gasteiger partial charge in [0.05, 0.1) is 6.07 Å². The van der Waals surface area contributed by atoms with Gasteiger partial charge < -0.3 is 10.6 Å². The normalized spacial score (nSPS) is 20.1. The number of anilines is 2. The minimum atomic E-state index is 0.272. The molecule has 0 bridgehead atoms. The Morgan fingerprint density at radius 2 is 2.22 bits per heavy atom. The lowest BCUT2D eigenvalue weighted by molar-refractivity contribution is 0.498. The summed E-state index contributed by atoms with van der Waals surface area (Å²) in [5.74, 6) is 0. The van der Waals surface area contributed by atoms with Gasteiger partial charge in [-0.25, -0.2) is 0 Å². The van der Waals surface area contributed by atoms with Crippen LogP contribution in [0.2, 0.25) is 0 Å². The third-order valence-corrected chi connectivity index (χ3v) is 4.26. The number of fused-ring (bicyclic) bond motifs is 1. The highest BCUT2D eigenvalue weighted by molar-refractivity contribution is 5.62. The molecular formula is C15H19N3. The summed E-state index contributed by atoms with van der Waals surface area (Å²) >= 11 is 0. The first-order valence-electron chi connectivity index (χ1n) is 6.73. The molecule has 0 atom stereocenters. The van der Waals surface area contributed by atoms with E-state index >= 15 is 0 Å². The first-order valence-corrected chi connectivity index (χ1v) is 6.73. The first-order chi connectivity index (χ1) is 8.72.